The molecule has 1 aliphatic carbocycles. The molecular weight excluding hydrogens is 184 g/mol. The van der Waals surface area contributed by atoms with Crippen molar-refractivity contribution < 1.29 is 0 Å². The summed E-state index contributed by atoms with van der Waals surface area (Å²) in [5, 5.41) is 3.32. The maximum Gasteiger partial charge on any atom is 0.120 e. The van der Waals surface area contributed by atoms with Gasteiger partial charge in [0.2, 0.25) is 0 Å². The van der Waals surface area contributed by atoms with Crippen LogP contribution in [0, 0.1) is 5.92 Å². The maximum absolute atomic E-state index is 4.16. The maximum atomic E-state index is 4.16. The van der Waals surface area contributed by atoms with Gasteiger partial charge >= 0.3 is 0 Å². The van der Waals surface area contributed by atoms with Crippen LogP contribution in [0.3, 0.4) is 0 Å². The predicted octanol–water partition coefficient (Wildman–Crippen LogP) is 3.17. The lowest BCUT2D eigenvalue weighted by Crippen LogP contribution is -2.24. The number of aliphatic imine (C=N–C) groups is 1. The van der Waals surface area contributed by atoms with Crippen molar-refractivity contribution in [3.8, 4) is 0 Å². The summed E-state index contributed by atoms with van der Waals surface area (Å²) in [5.74, 6) is 1.85. The van der Waals surface area contributed by atoms with Crippen molar-refractivity contribution in [1.29, 1.82) is 0 Å². The highest BCUT2D eigenvalue weighted by Crippen LogP contribution is 2.27. The van der Waals surface area contributed by atoms with Crippen LogP contribution >= 0.6 is 0 Å². The molecule has 0 bridgehead atoms. The largest absolute Gasteiger partial charge is 0.370 e. The van der Waals surface area contributed by atoms with Crippen molar-refractivity contribution in [3.05, 3.63) is 24.3 Å². The number of rotatable bonds is 4. The molecule has 0 unspecified atom stereocenters. The first-order valence-corrected chi connectivity index (χ1v) is 5.77. The highest BCUT2D eigenvalue weighted by Gasteiger charge is 2.20. The van der Waals surface area contributed by atoms with Crippen LogP contribution in [0.4, 0.5) is 0 Å². The standard InChI is InChI=1S/C11H18N2.C2H6/c1-4-9(2)7-11(12-3)13-8-10-5-6-10;1-2/h4,7,10H,1,5-6,8H2,2-3H3,(H,12,13);1-2H3/b9-7-;. The summed E-state index contributed by atoms with van der Waals surface area (Å²) >= 11 is 0. The van der Waals surface area contributed by atoms with Gasteiger partial charge in [0.25, 0.3) is 0 Å². The van der Waals surface area contributed by atoms with Crippen molar-refractivity contribution in [2.75, 3.05) is 13.6 Å². The van der Waals surface area contributed by atoms with Crippen LogP contribution < -0.4 is 5.32 Å². The number of hydrogen-bond donors (Lipinski definition) is 1. The third-order valence-electron chi connectivity index (χ3n) is 2.20. The highest BCUT2D eigenvalue weighted by molar-refractivity contribution is 5.93. The zero-order valence-electron chi connectivity index (χ0n) is 10.5. The summed E-state index contributed by atoms with van der Waals surface area (Å²) in [6.07, 6.45) is 6.60. The SMILES string of the molecule is C=C/C(C)=C\C(=NC)NCC1CC1.CC. The Morgan fingerprint density at radius 1 is 1.47 bits per heavy atom. The van der Waals surface area contributed by atoms with Crippen molar-refractivity contribution in [2.24, 2.45) is 10.9 Å². The van der Waals surface area contributed by atoms with Gasteiger partial charge in [-0.1, -0.05) is 26.5 Å². The van der Waals surface area contributed by atoms with Crippen LogP contribution in [0.25, 0.3) is 0 Å². The summed E-state index contributed by atoms with van der Waals surface area (Å²) in [5.41, 5.74) is 1.14. The lowest BCUT2D eigenvalue weighted by atomic mass is 10.2. The van der Waals surface area contributed by atoms with Crippen LogP contribution in [-0.4, -0.2) is 19.4 Å². The van der Waals surface area contributed by atoms with E-state index in [4.69, 9.17) is 0 Å². The van der Waals surface area contributed by atoms with E-state index in [1.165, 1.54) is 12.8 Å². The lowest BCUT2D eigenvalue weighted by molar-refractivity contribution is 0.773. The number of amidine groups is 1. The second-order valence-electron chi connectivity index (χ2n) is 3.53. The average molecular weight is 208 g/mol. The van der Waals surface area contributed by atoms with E-state index < -0.39 is 0 Å². The minimum absolute atomic E-state index is 0.884. The molecule has 2 heteroatoms. The quantitative estimate of drug-likeness (QED) is 0.428. The van der Waals surface area contributed by atoms with Crippen molar-refractivity contribution in [1.82, 2.24) is 5.32 Å². The molecule has 1 fully saturated rings. The molecule has 1 N–H and O–H groups in total. The third-order valence-corrected chi connectivity index (χ3v) is 2.20. The molecular formula is C13H24N2. The number of allylic oxidation sites excluding steroid dienone is 2. The zero-order chi connectivity index (χ0) is 11.7. The summed E-state index contributed by atoms with van der Waals surface area (Å²) < 4.78 is 0. The van der Waals surface area contributed by atoms with Gasteiger partial charge in [-0.15, -0.1) is 0 Å². The van der Waals surface area contributed by atoms with Gasteiger partial charge in [0.1, 0.15) is 5.84 Å². The minimum atomic E-state index is 0.884. The Morgan fingerprint density at radius 3 is 2.47 bits per heavy atom. The Labute approximate surface area is 94.2 Å². The second-order valence-corrected chi connectivity index (χ2v) is 3.53. The van der Waals surface area contributed by atoms with E-state index in [2.05, 4.69) is 16.9 Å². The summed E-state index contributed by atoms with van der Waals surface area (Å²) in [4.78, 5) is 4.16. The molecule has 0 atom stereocenters. The molecule has 0 aromatic rings. The molecule has 1 rings (SSSR count). The van der Waals surface area contributed by atoms with Gasteiger partial charge < -0.3 is 5.32 Å². The summed E-state index contributed by atoms with van der Waals surface area (Å²) in [7, 11) is 1.81. The Bertz CT molecular complexity index is 235. The van der Waals surface area contributed by atoms with E-state index in [-0.39, 0.29) is 0 Å². The predicted molar refractivity (Wildman–Crippen MR) is 69.4 cm³/mol. The Hall–Kier alpha value is -1.05. The zero-order valence-corrected chi connectivity index (χ0v) is 10.5. The number of hydrogen-bond acceptors (Lipinski definition) is 1. The summed E-state index contributed by atoms with van der Waals surface area (Å²) in [6.45, 7) is 10.8. The smallest absolute Gasteiger partial charge is 0.120 e. The highest BCUT2D eigenvalue weighted by atomic mass is 15.0. The molecule has 15 heavy (non-hydrogen) atoms. The molecule has 2 nitrogen and oxygen atoms in total. The van der Waals surface area contributed by atoms with Crippen LogP contribution in [0.5, 0.6) is 0 Å². The Kier molecular flexibility index (Phi) is 7.69. The van der Waals surface area contributed by atoms with Crippen LogP contribution in [-0.2, 0) is 0 Å². The van der Waals surface area contributed by atoms with E-state index in [0.717, 1.165) is 23.9 Å². The first kappa shape index (κ1) is 13.9. The molecule has 0 radical (unpaired) electrons. The third kappa shape index (κ3) is 6.95. The number of nitrogens with one attached hydrogen (secondary N) is 1. The molecule has 0 aromatic carbocycles. The molecule has 0 aliphatic heterocycles. The van der Waals surface area contributed by atoms with Crippen molar-refractivity contribution in [3.63, 3.8) is 0 Å². The van der Waals surface area contributed by atoms with Crippen molar-refractivity contribution in [2.45, 2.75) is 33.6 Å². The van der Waals surface area contributed by atoms with Gasteiger partial charge in [-0.2, -0.15) is 0 Å². The monoisotopic (exact) mass is 208 g/mol. The van der Waals surface area contributed by atoms with E-state index in [9.17, 15) is 0 Å². The van der Waals surface area contributed by atoms with E-state index in [1.54, 1.807) is 0 Å². The van der Waals surface area contributed by atoms with Gasteiger partial charge in [0.05, 0.1) is 0 Å². The molecule has 0 aromatic heterocycles. The number of nitrogens with zero attached hydrogens (tertiary/aromatic N) is 1. The van der Waals surface area contributed by atoms with Gasteiger partial charge in [0, 0.05) is 13.6 Å². The molecule has 1 saturated carbocycles. The van der Waals surface area contributed by atoms with E-state index in [0.29, 0.717) is 0 Å². The van der Waals surface area contributed by atoms with E-state index in [1.807, 2.05) is 40.0 Å². The lowest BCUT2D eigenvalue weighted by Gasteiger charge is -2.04. The molecule has 1 aliphatic rings. The van der Waals surface area contributed by atoms with Crippen LogP contribution in [0.1, 0.15) is 33.6 Å². The van der Waals surface area contributed by atoms with Gasteiger partial charge in [-0.3, -0.25) is 4.99 Å². The van der Waals surface area contributed by atoms with Gasteiger partial charge in [0.15, 0.2) is 0 Å². The topological polar surface area (TPSA) is 24.4 Å². The first-order valence-electron chi connectivity index (χ1n) is 5.77. The molecule has 0 saturated heterocycles. The van der Waals surface area contributed by atoms with Gasteiger partial charge in [-0.25, -0.2) is 0 Å². The second kappa shape index (κ2) is 8.27. The fraction of sp³-hybridized carbons (Fsp3) is 0.615. The minimum Gasteiger partial charge on any atom is -0.370 e. The first-order chi connectivity index (χ1) is 7.26. The molecule has 0 amide bonds. The average Bonchev–Trinajstić information content (AvgIpc) is 3.10. The van der Waals surface area contributed by atoms with Crippen LogP contribution in [0.15, 0.2) is 29.3 Å². The Morgan fingerprint density at radius 2 is 2.07 bits per heavy atom. The molecule has 0 heterocycles. The van der Waals surface area contributed by atoms with Gasteiger partial charge in [-0.05, 0) is 37.3 Å². The van der Waals surface area contributed by atoms with Crippen LogP contribution in [0.2, 0.25) is 0 Å². The Balaban J connectivity index is 0.000000921. The normalized spacial score (nSPS) is 16.5. The fourth-order valence-corrected chi connectivity index (χ4v) is 1.04. The summed E-state index contributed by atoms with van der Waals surface area (Å²) in [6, 6.07) is 0. The molecule has 86 valence electrons. The molecule has 0 spiro atoms. The van der Waals surface area contributed by atoms with Crippen molar-refractivity contribution >= 4 is 5.84 Å². The van der Waals surface area contributed by atoms with E-state index >= 15 is 0 Å². The fourth-order valence-electron chi connectivity index (χ4n) is 1.04.